The van der Waals surface area contributed by atoms with Crippen molar-refractivity contribution in [3.8, 4) is 0 Å². The average Bonchev–Trinajstić information content (AvgIpc) is 3.30. The van der Waals surface area contributed by atoms with Crippen LogP contribution in [0.5, 0.6) is 0 Å². The maximum Gasteiger partial charge on any atom is 0.490 e. The molecule has 0 saturated carbocycles. The second-order valence-electron chi connectivity index (χ2n) is 7.79. The minimum atomic E-state index is -5.08. The van der Waals surface area contributed by atoms with Gasteiger partial charge < -0.3 is 20.5 Å². The molecule has 2 saturated heterocycles. The third kappa shape index (κ3) is 7.11. The molecule has 0 unspecified atom stereocenters. The summed E-state index contributed by atoms with van der Waals surface area (Å²) in [6.07, 6.45) is 0.958. The average molecular weight is 471 g/mol. The number of carbonyl (C=O) groups is 1. The van der Waals surface area contributed by atoms with Crippen molar-refractivity contribution in [2.45, 2.75) is 38.1 Å². The molecule has 0 radical (unpaired) electrons. The Kier molecular flexibility index (Phi) is 8.58. The van der Waals surface area contributed by atoms with E-state index in [9.17, 15) is 13.2 Å². The number of rotatable bonds is 5. The topological polar surface area (TPSA) is 123 Å². The van der Waals surface area contributed by atoms with Crippen LogP contribution in [0.25, 0.3) is 0 Å². The molecule has 0 aliphatic carbocycles. The van der Waals surface area contributed by atoms with Gasteiger partial charge in [0.05, 0.1) is 31.1 Å². The highest BCUT2D eigenvalue weighted by atomic mass is 19.4. The van der Waals surface area contributed by atoms with E-state index in [-0.39, 0.29) is 0 Å². The monoisotopic (exact) mass is 471 g/mol. The van der Waals surface area contributed by atoms with E-state index in [1.165, 1.54) is 5.56 Å². The predicted octanol–water partition coefficient (Wildman–Crippen LogP) is 1.44. The molecule has 2 aliphatic heterocycles. The lowest BCUT2D eigenvalue weighted by molar-refractivity contribution is -0.192. The number of carboxylic acids is 1. The number of hydrogen-bond donors (Lipinski definition) is 2. The van der Waals surface area contributed by atoms with E-state index in [0.29, 0.717) is 12.6 Å². The first-order chi connectivity index (χ1) is 15.8. The van der Waals surface area contributed by atoms with Crippen LogP contribution >= 0.6 is 0 Å². The SMILES string of the molecule is NCc1cn(C2CCN(Cc3cccnc3N3CCOCC3)CC2)nn1.O=C(O)C(F)(F)F. The fraction of sp³-hybridized carbons (Fsp3) is 0.600. The maximum absolute atomic E-state index is 10.6. The van der Waals surface area contributed by atoms with E-state index < -0.39 is 12.1 Å². The van der Waals surface area contributed by atoms with Gasteiger partial charge in [0.1, 0.15) is 5.82 Å². The van der Waals surface area contributed by atoms with Gasteiger partial charge in [-0.1, -0.05) is 11.3 Å². The minimum Gasteiger partial charge on any atom is -0.475 e. The molecule has 3 N–H and O–H groups in total. The van der Waals surface area contributed by atoms with Crippen molar-refractivity contribution in [2.24, 2.45) is 5.73 Å². The number of aromatic nitrogens is 4. The van der Waals surface area contributed by atoms with E-state index in [0.717, 1.165) is 70.3 Å². The summed E-state index contributed by atoms with van der Waals surface area (Å²) in [6.45, 7) is 6.90. The normalized spacial score (nSPS) is 18.0. The van der Waals surface area contributed by atoms with Crippen LogP contribution in [0.2, 0.25) is 0 Å². The van der Waals surface area contributed by atoms with Gasteiger partial charge in [-0.2, -0.15) is 13.2 Å². The summed E-state index contributed by atoms with van der Waals surface area (Å²) in [5, 5.41) is 15.5. The number of halogens is 3. The third-order valence-electron chi connectivity index (χ3n) is 5.51. The number of pyridine rings is 1. The molecule has 2 aliphatic rings. The van der Waals surface area contributed by atoms with Crippen molar-refractivity contribution in [2.75, 3.05) is 44.3 Å². The van der Waals surface area contributed by atoms with Crippen LogP contribution in [0.3, 0.4) is 0 Å². The van der Waals surface area contributed by atoms with Gasteiger partial charge in [-0.25, -0.2) is 14.5 Å². The lowest BCUT2D eigenvalue weighted by atomic mass is 10.0. The zero-order valence-electron chi connectivity index (χ0n) is 18.1. The summed E-state index contributed by atoms with van der Waals surface area (Å²) in [7, 11) is 0. The van der Waals surface area contributed by atoms with Crippen molar-refractivity contribution in [3.63, 3.8) is 0 Å². The second kappa shape index (κ2) is 11.4. The molecule has 4 rings (SSSR count). The number of hydrogen-bond acceptors (Lipinski definition) is 8. The number of alkyl halides is 3. The number of ether oxygens (including phenoxy) is 1. The fourth-order valence-corrected chi connectivity index (χ4v) is 3.78. The molecule has 33 heavy (non-hydrogen) atoms. The highest BCUT2D eigenvalue weighted by molar-refractivity contribution is 5.73. The quantitative estimate of drug-likeness (QED) is 0.667. The first-order valence-corrected chi connectivity index (χ1v) is 10.7. The summed E-state index contributed by atoms with van der Waals surface area (Å²) in [5.41, 5.74) is 7.80. The van der Waals surface area contributed by atoms with Crippen LogP contribution in [0, 0.1) is 0 Å². The van der Waals surface area contributed by atoms with Gasteiger partial charge in [0.25, 0.3) is 0 Å². The summed E-state index contributed by atoms with van der Waals surface area (Å²) in [6, 6.07) is 4.66. The molecular formula is C20H28F3N7O3. The molecule has 0 spiro atoms. The van der Waals surface area contributed by atoms with Crippen molar-refractivity contribution in [1.29, 1.82) is 0 Å². The van der Waals surface area contributed by atoms with Crippen LogP contribution < -0.4 is 10.6 Å². The Morgan fingerprint density at radius 2 is 1.88 bits per heavy atom. The van der Waals surface area contributed by atoms with Crippen molar-refractivity contribution in [3.05, 3.63) is 35.8 Å². The first-order valence-electron chi connectivity index (χ1n) is 10.7. The van der Waals surface area contributed by atoms with Gasteiger partial charge in [-0.05, 0) is 18.9 Å². The molecule has 0 bridgehead atoms. The Balaban J connectivity index is 0.000000383. The molecule has 182 valence electrons. The number of likely N-dealkylation sites (tertiary alicyclic amines) is 1. The van der Waals surface area contributed by atoms with E-state index >= 15 is 0 Å². The van der Waals surface area contributed by atoms with Crippen LogP contribution in [-0.4, -0.2) is 81.5 Å². The van der Waals surface area contributed by atoms with Crippen LogP contribution in [-0.2, 0) is 22.6 Å². The molecule has 2 aromatic heterocycles. The van der Waals surface area contributed by atoms with Crippen LogP contribution in [0.4, 0.5) is 19.0 Å². The molecule has 4 heterocycles. The van der Waals surface area contributed by atoms with E-state index in [4.69, 9.17) is 20.4 Å². The zero-order chi connectivity index (χ0) is 23.8. The molecule has 0 aromatic carbocycles. The second-order valence-corrected chi connectivity index (χ2v) is 7.79. The number of piperidine rings is 1. The number of nitrogens with zero attached hydrogens (tertiary/aromatic N) is 6. The fourth-order valence-electron chi connectivity index (χ4n) is 3.78. The Morgan fingerprint density at radius 1 is 1.21 bits per heavy atom. The summed E-state index contributed by atoms with van der Waals surface area (Å²) in [5.74, 6) is -1.64. The van der Waals surface area contributed by atoms with Crippen LogP contribution in [0.1, 0.15) is 30.1 Å². The Labute approximate surface area is 189 Å². The summed E-state index contributed by atoms with van der Waals surface area (Å²) >= 11 is 0. The molecule has 10 nitrogen and oxygen atoms in total. The first kappa shape index (κ1) is 24.9. The van der Waals surface area contributed by atoms with E-state index in [1.807, 2.05) is 23.1 Å². The van der Waals surface area contributed by atoms with Crippen molar-refractivity contribution in [1.82, 2.24) is 24.9 Å². The smallest absolute Gasteiger partial charge is 0.475 e. The lowest BCUT2D eigenvalue weighted by Crippen LogP contribution is -2.38. The van der Waals surface area contributed by atoms with Gasteiger partial charge in [-0.15, -0.1) is 5.10 Å². The predicted molar refractivity (Wildman–Crippen MR) is 112 cm³/mol. The van der Waals surface area contributed by atoms with Gasteiger partial charge in [0, 0.05) is 51.0 Å². The number of aliphatic carboxylic acids is 1. The maximum atomic E-state index is 10.6. The third-order valence-corrected chi connectivity index (χ3v) is 5.51. The lowest BCUT2D eigenvalue weighted by Gasteiger charge is -2.34. The summed E-state index contributed by atoms with van der Waals surface area (Å²) in [4.78, 5) is 18.4. The number of nitrogens with two attached hydrogens (primary N) is 1. The van der Waals surface area contributed by atoms with Crippen LogP contribution in [0.15, 0.2) is 24.5 Å². The molecule has 13 heteroatoms. The van der Waals surface area contributed by atoms with E-state index in [1.54, 1.807) is 0 Å². The Morgan fingerprint density at radius 3 is 2.45 bits per heavy atom. The number of anilines is 1. The van der Waals surface area contributed by atoms with Gasteiger partial charge in [-0.3, -0.25) is 4.90 Å². The Hall–Kier alpha value is -2.77. The van der Waals surface area contributed by atoms with Crippen molar-refractivity contribution < 1.29 is 27.8 Å². The molecule has 0 atom stereocenters. The molecular weight excluding hydrogens is 443 g/mol. The largest absolute Gasteiger partial charge is 0.490 e. The molecule has 2 aromatic rings. The number of morpholine rings is 1. The zero-order valence-corrected chi connectivity index (χ0v) is 18.1. The molecule has 2 fully saturated rings. The Bertz CT molecular complexity index is 895. The van der Waals surface area contributed by atoms with Gasteiger partial charge >= 0.3 is 12.1 Å². The highest BCUT2D eigenvalue weighted by Crippen LogP contribution is 2.25. The molecule has 0 amide bonds. The number of carboxylic acid groups (broad SMARTS) is 1. The highest BCUT2D eigenvalue weighted by Gasteiger charge is 2.38. The van der Waals surface area contributed by atoms with Gasteiger partial charge in [0.2, 0.25) is 0 Å². The van der Waals surface area contributed by atoms with Gasteiger partial charge in [0.15, 0.2) is 0 Å². The van der Waals surface area contributed by atoms with Crippen molar-refractivity contribution >= 4 is 11.8 Å². The minimum absolute atomic E-state index is 0.423. The standard InChI is InChI=1S/C18H27N7O.C2HF3O2/c19-12-16-14-25(22-21-16)17-3-6-23(7-4-17)13-15-2-1-5-20-18(15)24-8-10-26-11-9-24;3-2(4,5)1(6)7/h1-2,5,14,17H,3-4,6-13,19H2;(H,6,7). The van der Waals surface area contributed by atoms with E-state index in [2.05, 4.69) is 31.2 Å². The summed E-state index contributed by atoms with van der Waals surface area (Å²) < 4.78 is 39.2.